The summed E-state index contributed by atoms with van der Waals surface area (Å²) < 4.78 is 70.7. The van der Waals surface area contributed by atoms with E-state index in [9.17, 15) is 27.3 Å². The zero-order valence-corrected chi connectivity index (χ0v) is 21.5. The van der Waals surface area contributed by atoms with Crippen LogP contribution in [0.25, 0.3) is 28.1 Å². The van der Waals surface area contributed by atoms with Crippen LogP contribution in [0.2, 0.25) is 5.02 Å². The molecule has 0 bridgehead atoms. The molecular formula is C25H19ClF3N5O4S. The lowest BCUT2D eigenvalue weighted by Gasteiger charge is -2.28. The molecule has 2 heterocycles. The molecule has 0 atom stereocenters. The number of hydrogen-bond acceptors (Lipinski definition) is 6. The molecular weight excluding hydrogens is 559 g/mol. The number of hydrogen-bond donors (Lipinski definition) is 1. The van der Waals surface area contributed by atoms with Crippen molar-refractivity contribution in [3.05, 3.63) is 93.1 Å². The van der Waals surface area contributed by atoms with Crippen molar-refractivity contribution >= 4 is 27.3 Å². The number of benzene rings is 2. The summed E-state index contributed by atoms with van der Waals surface area (Å²) >= 11 is 6.36. The van der Waals surface area contributed by atoms with Crippen molar-refractivity contribution < 1.29 is 26.5 Å². The molecule has 202 valence electrons. The fourth-order valence-electron chi connectivity index (χ4n) is 5.05. The summed E-state index contributed by atoms with van der Waals surface area (Å²) in [5.41, 5.74) is -1.42. The minimum atomic E-state index is -4.26. The second-order valence-corrected chi connectivity index (χ2v) is 11.5. The number of non-ortho nitro benzene ring substituents is 1. The Hall–Kier alpha value is -3.81. The summed E-state index contributed by atoms with van der Waals surface area (Å²) in [6.07, 6.45) is 5.21. The molecule has 0 spiro atoms. The van der Waals surface area contributed by atoms with Crippen LogP contribution in [-0.2, 0) is 14.8 Å². The third-order valence-electron chi connectivity index (χ3n) is 6.88. The van der Waals surface area contributed by atoms with Crippen molar-refractivity contribution in [1.82, 2.24) is 14.8 Å². The molecule has 0 unspecified atom stereocenters. The highest BCUT2D eigenvalue weighted by Gasteiger charge is 2.48. The monoisotopic (exact) mass is 577 g/mol. The van der Waals surface area contributed by atoms with Crippen molar-refractivity contribution in [1.29, 1.82) is 0 Å². The second-order valence-electron chi connectivity index (χ2n) is 9.15. The first-order valence-electron chi connectivity index (χ1n) is 11.6. The van der Waals surface area contributed by atoms with E-state index >= 15 is 4.39 Å². The van der Waals surface area contributed by atoms with Gasteiger partial charge in [-0.15, -0.1) is 0 Å². The normalized spacial score (nSPS) is 15.0. The Bertz CT molecular complexity index is 1700. The van der Waals surface area contributed by atoms with Crippen LogP contribution in [0.3, 0.4) is 0 Å². The van der Waals surface area contributed by atoms with Gasteiger partial charge in [0.2, 0.25) is 10.0 Å². The molecule has 2 aromatic carbocycles. The molecule has 9 nitrogen and oxygen atoms in total. The largest absolute Gasteiger partial charge is 0.275 e. The van der Waals surface area contributed by atoms with Gasteiger partial charge in [0.05, 0.1) is 17.1 Å². The van der Waals surface area contributed by atoms with E-state index in [4.69, 9.17) is 16.7 Å². The Morgan fingerprint density at radius 1 is 1.03 bits per heavy atom. The number of nitrogens with two attached hydrogens (primary N) is 1. The van der Waals surface area contributed by atoms with E-state index in [0.29, 0.717) is 30.5 Å². The lowest BCUT2D eigenvalue weighted by atomic mass is 9.91. The zero-order chi connectivity index (χ0) is 28.1. The van der Waals surface area contributed by atoms with Gasteiger partial charge in [-0.1, -0.05) is 24.4 Å². The highest BCUT2D eigenvalue weighted by atomic mass is 35.5. The van der Waals surface area contributed by atoms with E-state index in [1.807, 2.05) is 0 Å². The molecule has 1 aliphatic rings. The standard InChI is InChI=1S/C25H19ClF3N5O4S/c26-15-9-17(22(29)19(10-15)25(39(30,37)38)5-1-2-6-25)18-13-33(32-23(18)14-3-7-31-8-4-14)24-20(27)11-16(34(35)36)12-21(24)28/h3-4,7-13H,1-2,5-6H2,(H2,30,37,38). The molecule has 14 heteroatoms. The molecule has 5 rings (SSSR count). The average Bonchev–Trinajstić information content (AvgIpc) is 3.54. The van der Waals surface area contributed by atoms with Crippen LogP contribution in [0, 0.1) is 27.6 Å². The number of nitrogens with zero attached hydrogens (tertiary/aromatic N) is 4. The van der Waals surface area contributed by atoms with Gasteiger partial charge in [0, 0.05) is 45.9 Å². The molecule has 1 aliphatic carbocycles. The Labute approximate surface area is 225 Å². The molecule has 2 N–H and O–H groups in total. The molecule has 1 fully saturated rings. The maximum Gasteiger partial charge on any atom is 0.275 e. The van der Waals surface area contributed by atoms with Crippen molar-refractivity contribution in [2.24, 2.45) is 5.14 Å². The molecule has 39 heavy (non-hydrogen) atoms. The van der Waals surface area contributed by atoms with Gasteiger partial charge in [0.1, 0.15) is 21.9 Å². The minimum Gasteiger partial charge on any atom is -0.265 e. The third kappa shape index (κ3) is 4.56. The number of halogens is 4. The summed E-state index contributed by atoms with van der Waals surface area (Å²) in [4.78, 5) is 14.0. The van der Waals surface area contributed by atoms with Crippen LogP contribution in [0.4, 0.5) is 18.9 Å². The highest BCUT2D eigenvalue weighted by molar-refractivity contribution is 7.90. The number of primary sulfonamides is 1. The Morgan fingerprint density at radius 2 is 1.64 bits per heavy atom. The van der Waals surface area contributed by atoms with E-state index in [1.54, 1.807) is 0 Å². The van der Waals surface area contributed by atoms with Crippen molar-refractivity contribution in [3.63, 3.8) is 0 Å². The summed E-state index contributed by atoms with van der Waals surface area (Å²) in [5.74, 6) is -3.47. The van der Waals surface area contributed by atoms with Gasteiger partial charge in [-0.25, -0.2) is 31.4 Å². The fourth-order valence-corrected chi connectivity index (χ4v) is 6.59. The first-order chi connectivity index (χ1) is 18.4. The van der Waals surface area contributed by atoms with Crippen molar-refractivity contribution in [2.45, 2.75) is 30.4 Å². The molecule has 0 amide bonds. The zero-order valence-electron chi connectivity index (χ0n) is 19.9. The maximum absolute atomic E-state index is 16.3. The van der Waals surface area contributed by atoms with Gasteiger partial charge in [-0.05, 0) is 37.1 Å². The fraction of sp³-hybridized carbons (Fsp3) is 0.200. The maximum atomic E-state index is 16.3. The number of rotatable bonds is 6. The van der Waals surface area contributed by atoms with E-state index < -0.39 is 48.5 Å². The first-order valence-corrected chi connectivity index (χ1v) is 13.5. The Morgan fingerprint density at radius 3 is 2.21 bits per heavy atom. The molecule has 4 aromatic rings. The van der Waals surface area contributed by atoms with Crippen LogP contribution in [0.1, 0.15) is 31.2 Å². The van der Waals surface area contributed by atoms with Crippen LogP contribution in [0.5, 0.6) is 0 Å². The van der Waals surface area contributed by atoms with Crippen molar-refractivity contribution in [2.75, 3.05) is 0 Å². The smallest absolute Gasteiger partial charge is 0.265 e. The minimum absolute atomic E-state index is 0.0115. The molecule has 2 aromatic heterocycles. The third-order valence-corrected chi connectivity index (χ3v) is 8.82. The quantitative estimate of drug-likeness (QED) is 0.233. The Kier molecular flexibility index (Phi) is 6.69. The highest BCUT2D eigenvalue weighted by Crippen LogP contribution is 2.48. The van der Waals surface area contributed by atoms with Crippen LogP contribution in [-0.4, -0.2) is 28.1 Å². The van der Waals surface area contributed by atoms with Crippen molar-refractivity contribution in [3.8, 4) is 28.1 Å². The topological polar surface area (TPSA) is 134 Å². The lowest BCUT2D eigenvalue weighted by Crippen LogP contribution is -2.39. The summed E-state index contributed by atoms with van der Waals surface area (Å²) in [7, 11) is -4.26. The Balaban J connectivity index is 1.79. The summed E-state index contributed by atoms with van der Waals surface area (Å²) in [5, 5.41) is 20.9. The number of nitro benzene ring substituents is 1. The van der Waals surface area contributed by atoms with E-state index in [1.165, 1.54) is 36.7 Å². The predicted molar refractivity (Wildman–Crippen MR) is 137 cm³/mol. The summed E-state index contributed by atoms with van der Waals surface area (Å²) in [6.45, 7) is 0. The number of sulfonamides is 1. The summed E-state index contributed by atoms with van der Waals surface area (Å²) in [6, 6.07) is 6.62. The predicted octanol–water partition coefficient (Wildman–Crippen LogP) is 5.64. The van der Waals surface area contributed by atoms with Crippen LogP contribution in [0.15, 0.2) is 55.0 Å². The van der Waals surface area contributed by atoms with Gasteiger partial charge in [0.15, 0.2) is 11.6 Å². The SMILES string of the molecule is NS(=O)(=O)C1(c2cc(Cl)cc(-c3cn(-c4c(F)cc([N+](=O)[O-])cc4F)nc3-c3ccncc3)c2F)CCCC1. The van der Waals surface area contributed by atoms with Gasteiger partial charge in [-0.3, -0.25) is 15.1 Å². The van der Waals surface area contributed by atoms with Gasteiger partial charge >= 0.3 is 0 Å². The average molecular weight is 578 g/mol. The van der Waals surface area contributed by atoms with E-state index in [-0.39, 0.29) is 40.2 Å². The van der Waals surface area contributed by atoms with E-state index in [2.05, 4.69) is 10.1 Å². The second kappa shape index (κ2) is 9.74. The lowest BCUT2D eigenvalue weighted by molar-refractivity contribution is -0.385. The number of pyridine rings is 1. The molecule has 0 aliphatic heterocycles. The van der Waals surface area contributed by atoms with Gasteiger partial charge < -0.3 is 0 Å². The molecule has 0 saturated heterocycles. The number of aromatic nitrogens is 3. The molecule has 0 radical (unpaired) electrons. The number of nitro groups is 1. The molecule has 1 saturated carbocycles. The van der Waals surface area contributed by atoms with E-state index in [0.717, 1.165) is 10.9 Å². The van der Waals surface area contributed by atoms with Gasteiger partial charge in [0.25, 0.3) is 5.69 Å². The first kappa shape index (κ1) is 26.8. The van der Waals surface area contributed by atoms with Gasteiger partial charge in [-0.2, -0.15) is 5.10 Å². The van der Waals surface area contributed by atoms with Crippen LogP contribution < -0.4 is 5.14 Å². The van der Waals surface area contributed by atoms with Crippen LogP contribution >= 0.6 is 11.6 Å².